The Labute approximate surface area is 129 Å². The molecule has 7 heteroatoms. The van der Waals surface area contributed by atoms with E-state index >= 15 is 0 Å². The van der Waals surface area contributed by atoms with Crippen molar-refractivity contribution >= 4 is 34.8 Å². The summed E-state index contributed by atoms with van der Waals surface area (Å²) in [5.74, 6) is 0.131. The van der Waals surface area contributed by atoms with E-state index in [-0.39, 0.29) is 5.91 Å². The van der Waals surface area contributed by atoms with Gasteiger partial charge in [-0.15, -0.1) is 0 Å². The second-order valence-electron chi connectivity index (χ2n) is 4.17. The van der Waals surface area contributed by atoms with Gasteiger partial charge in [0.05, 0.1) is 5.02 Å². The molecule has 0 saturated carbocycles. The smallest absolute Gasteiger partial charge is 0.279 e. The topological polar surface area (TPSA) is 62.4 Å². The number of hydrogen-bond donors (Lipinski definition) is 3. The third-order valence-corrected chi connectivity index (χ3v) is 2.95. The standard InChI is InChI=1S/C13H18ClN3O2S/c1-4-15-13(20)17-16-12(18)9(3)19-11-7-8(2)5-6-10(11)14/h5-7,9H,4H2,1-3H3,(H,16,18)(H2,15,17,20). The predicted molar refractivity (Wildman–Crippen MR) is 83.8 cm³/mol. The highest BCUT2D eigenvalue weighted by Gasteiger charge is 2.16. The fraction of sp³-hybridized carbons (Fsp3) is 0.385. The highest BCUT2D eigenvalue weighted by atomic mass is 35.5. The zero-order valence-electron chi connectivity index (χ0n) is 11.6. The summed E-state index contributed by atoms with van der Waals surface area (Å²) < 4.78 is 5.53. The van der Waals surface area contributed by atoms with Crippen LogP contribution in [0.25, 0.3) is 0 Å². The van der Waals surface area contributed by atoms with Gasteiger partial charge in [-0.25, -0.2) is 0 Å². The van der Waals surface area contributed by atoms with Crippen molar-refractivity contribution in [2.75, 3.05) is 6.54 Å². The van der Waals surface area contributed by atoms with Crippen molar-refractivity contribution in [2.45, 2.75) is 26.9 Å². The Bertz CT molecular complexity index is 497. The molecule has 0 aromatic heterocycles. The number of amides is 1. The Hall–Kier alpha value is -1.53. The van der Waals surface area contributed by atoms with Crippen LogP contribution in [-0.2, 0) is 4.79 Å². The summed E-state index contributed by atoms with van der Waals surface area (Å²) in [5, 5.41) is 3.66. The Morgan fingerprint density at radius 3 is 2.80 bits per heavy atom. The molecule has 0 saturated heterocycles. The van der Waals surface area contributed by atoms with Gasteiger partial charge >= 0.3 is 0 Å². The molecule has 1 atom stereocenters. The first-order chi connectivity index (χ1) is 9.43. The number of rotatable bonds is 4. The molecule has 0 aliphatic rings. The molecule has 3 N–H and O–H groups in total. The number of hydrazine groups is 1. The monoisotopic (exact) mass is 315 g/mol. The maximum absolute atomic E-state index is 11.8. The number of carbonyl (C=O) groups excluding carboxylic acids is 1. The van der Waals surface area contributed by atoms with E-state index in [1.54, 1.807) is 19.1 Å². The number of aryl methyl sites for hydroxylation is 1. The van der Waals surface area contributed by atoms with Gasteiger partial charge in [0.15, 0.2) is 11.2 Å². The minimum Gasteiger partial charge on any atom is -0.479 e. The summed E-state index contributed by atoms with van der Waals surface area (Å²) in [5.41, 5.74) is 6.05. The molecule has 1 aromatic carbocycles. The lowest BCUT2D eigenvalue weighted by Crippen LogP contribution is -2.50. The molecule has 0 heterocycles. The molecule has 5 nitrogen and oxygen atoms in total. The molecule has 20 heavy (non-hydrogen) atoms. The number of ether oxygens (including phenoxy) is 1. The summed E-state index contributed by atoms with van der Waals surface area (Å²) in [6.45, 7) is 6.13. The lowest BCUT2D eigenvalue weighted by Gasteiger charge is -2.17. The van der Waals surface area contributed by atoms with E-state index in [4.69, 9.17) is 28.6 Å². The Balaban J connectivity index is 2.53. The van der Waals surface area contributed by atoms with Crippen LogP contribution in [0.15, 0.2) is 18.2 Å². The molecule has 0 aliphatic heterocycles. The Morgan fingerprint density at radius 1 is 1.45 bits per heavy atom. The highest BCUT2D eigenvalue weighted by molar-refractivity contribution is 7.80. The van der Waals surface area contributed by atoms with Gasteiger partial charge in [0.25, 0.3) is 5.91 Å². The number of carbonyl (C=O) groups is 1. The van der Waals surface area contributed by atoms with Crippen molar-refractivity contribution < 1.29 is 9.53 Å². The number of hydrogen-bond acceptors (Lipinski definition) is 3. The summed E-state index contributed by atoms with van der Waals surface area (Å²) in [4.78, 5) is 11.8. The van der Waals surface area contributed by atoms with E-state index in [1.807, 2.05) is 19.9 Å². The zero-order chi connectivity index (χ0) is 15.1. The maximum Gasteiger partial charge on any atom is 0.279 e. The van der Waals surface area contributed by atoms with Crippen molar-refractivity contribution in [1.29, 1.82) is 0 Å². The van der Waals surface area contributed by atoms with E-state index in [2.05, 4.69) is 16.2 Å². The van der Waals surface area contributed by atoms with Crippen LogP contribution in [0.2, 0.25) is 5.02 Å². The Kier molecular flexibility index (Phi) is 6.54. The molecule has 1 rings (SSSR count). The van der Waals surface area contributed by atoms with Crippen molar-refractivity contribution in [2.24, 2.45) is 0 Å². The molecule has 1 unspecified atom stereocenters. The molecule has 0 spiro atoms. The first-order valence-corrected chi connectivity index (χ1v) is 6.99. The number of thiocarbonyl (C=S) groups is 1. The molecule has 1 amide bonds. The fourth-order valence-electron chi connectivity index (χ4n) is 1.37. The van der Waals surface area contributed by atoms with E-state index in [9.17, 15) is 4.79 Å². The van der Waals surface area contributed by atoms with Crippen molar-refractivity contribution in [3.63, 3.8) is 0 Å². The van der Waals surface area contributed by atoms with Crippen LogP contribution in [0.5, 0.6) is 5.75 Å². The quantitative estimate of drug-likeness (QED) is 0.585. The van der Waals surface area contributed by atoms with Crippen molar-refractivity contribution in [3.8, 4) is 5.75 Å². The highest BCUT2D eigenvalue weighted by Crippen LogP contribution is 2.26. The molecular formula is C13H18ClN3O2S. The normalized spacial score (nSPS) is 11.4. The first kappa shape index (κ1) is 16.5. The number of benzene rings is 1. The van der Waals surface area contributed by atoms with E-state index in [0.717, 1.165) is 5.56 Å². The second kappa shape index (κ2) is 7.91. The largest absolute Gasteiger partial charge is 0.479 e. The SMILES string of the molecule is CCNC(=S)NNC(=O)C(C)Oc1cc(C)ccc1Cl. The fourth-order valence-corrected chi connectivity index (χ4v) is 1.73. The van der Waals surface area contributed by atoms with E-state index < -0.39 is 6.10 Å². The lowest BCUT2D eigenvalue weighted by atomic mass is 10.2. The lowest BCUT2D eigenvalue weighted by molar-refractivity contribution is -0.127. The molecule has 0 aliphatic carbocycles. The number of nitrogens with one attached hydrogen (secondary N) is 3. The third-order valence-electron chi connectivity index (χ3n) is 2.40. The molecule has 0 bridgehead atoms. The summed E-state index contributed by atoms with van der Waals surface area (Å²) in [6.07, 6.45) is -0.703. The Morgan fingerprint density at radius 2 is 2.15 bits per heavy atom. The molecular weight excluding hydrogens is 298 g/mol. The number of halogens is 1. The second-order valence-corrected chi connectivity index (χ2v) is 4.98. The average Bonchev–Trinajstić information content (AvgIpc) is 2.40. The van der Waals surface area contributed by atoms with Gasteiger partial charge < -0.3 is 10.1 Å². The van der Waals surface area contributed by atoms with E-state index in [0.29, 0.717) is 22.4 Å². The van der Waals surface area contributed by atoms with Crippen LogP contribution >= 0.6 is 23.8 Å². The maximum atomic E-state index is 11.8. The van der Waals surface area contributed by atoms with Crippen LogP contribution in [0, 0.1) is 6.92 Å². The molecule has 0 radical (unpaired) electrons. The average molecular weight is 316 g/mol. The van der Waals surface area contributed by atoms with Crippen LogP contribution in [0.3, 0.4) is 0 Å². The minimum atomic E-state index is -0.703. The first-order valence-electron chi connectivity index (χ1n) is 6.20. The molecule has 1 aromatic rings. The van der Waals surface area contributed by atoms with Crippen LogP contribution in [-0.4, -0.2) is 23.7 Å². The summed E-state index contributed by atoms with van der Waals surface area (Å²) in [6, 6.07) is 5.38. The zero-order valence-corrected chi connectivity index (χ0v) is 13.2. The molecule has 0 fully saturated rings. The van der Waals surface area contributed by atoms with Crippen LogP contribution < -0.4 is 20.9 Å². The van der Waals surface area contributed by atoms with Gasteiger partial charge in [0.1, 0.15) is 5.75 Å². The van der Waals surface area contributed by atoms with Gasteiger partial charge in [-0.2, -0.15) is 0 Å². The third kappa shape index (κ3) is 5.22. The van der Waals surface area contributed by atoms with Gasteiger partial charge in [0, 0.05) is 6.54 Å². The van der Waals surface area contributed by atoms with Gasteiger partial charge in [-0.3, -0.25) is 15.6 Å². The van der Waals surface area contributed by atoms with Gasteiger partial charge in [-0.1, -0.05) is 17.7 Å². The summed E-state index contributed by atoms with van der Waals surface area (Å²) in [7, 11) is 0. The van der Waals surface area contributed by atoms with E-state index in [1.165, 1.54) is 0 Å². The van der Waals surface area contributed by atoms with Gasteiger partial charge in [0.2, 0.25) is 0 Å². The van der Waals surface area contributed by atoms with Crippen LogP contribution in [0.1, 0.15) is 19.4 Å². The van der Waals surface area contributed by atoms with Gasteiger partial charge in [-0.05, 0) is 50.7 Å². The summed E-state index contributed by atoms with van der Waals surface area (Å²) >= 11 is 10.9. The van der Waals surface area contributed by atoms with Crippen molar-refractivity contribution in [3.05, 3.63) is 28.8 Å². The predicted octanol–water partition coefficient (Wildman–Crippen LogP) is 1.93. The van der Waals surface area contributed by atoms with Crippen molar-refractivity contribution in [1.82, 2.24) is 16.2 Å². The van der Waals surface area contributed by atoms with Crippen LogP contribution in [0.4, 0.5) is 0 Å². The minimum absolute atomic E-state index is 0.345. The molecule has 110 valence electrons.